The maximum atomic E-state index is 11.3. The zero-order chi connectivity index (χ0) is 16.8. The Morgan fingerprint density at radius 1 is 0.636 bits per heavy atom. The molecule has 0 N–H and O–H groups in total. The average molecular weight is 396 g/mol. The monoisotopic (exact) mass is 394 g/mol. The fourth-order valence-electron chi connectivity index (χ4n) is 1.70. The fraction of sp³-hybridized carbons (Fsp3) is 0.857. The topological polar surface area (TPSA) is 52.6 Å². The highest BCUT2D eigenvalue weighted by molar-refractivity contribution is 6.44. The number of carbonyl (C=O) groups is 2. The lowest BCUT2D eigenvalue weighted by molar-refractivity contribution is -0.144. The first-order valence-electron chi connectivity index (χ1n) is 7.29. The molecule has 4 nitrogen and oxygen atoms in total. The van der Waals surface area contributed by atoms with E-state index in [2.05, 4.69) is 0 Å². The molecule has 0 aromatic heterocycles. The third kappa shape index (κ3) is 16.5. The number of esters is 2. The Morgan fingerprint density at radius 3 is 1.27 bits per heavy atom. The van der Waals surface area contributed by atoms with Crippen LogP contribution in [0.5, 0.6) is 0 Å². The Labute approximate surface area is 151 Å². The summed E-state index contributed by atoms with van der Waals surface area (Å²) in [5, 5.41) is 0. The van der Waals surface area contributed by atoms with Gasteiger partial charge >= 0.3 is 11.9 Å². The van der Waals surface area contributed by atoms with Crippen LogP contribution in [0.3, 0.4) is 0 Å². The molecule has 0 aromatic carbocycles. The lowest BCUT2D eigenvalue weighted by Crippen LogP contribution is -2.10. The number of carbonyl (C=O) groups excluding carboxylic acids is 2. The van der Waals surface area contributed by atoms with Crippen molar-refractivity contribution in [3.63, 3.8) is 0 Å². The van der Waals surface area contributed by atoms with Crippen molar-refractivity contribution in [1.82, 2.24) is 0 Å². The van der Waals surface area contributed by atoms with Crippen LogP contribution in [0.15, 0.2) is 0 Å². The molecule has 0 spiro atoms. The van der Waals surface area contributed by atoms with Crippen molar-refractivity contribution in [2.45, 2.75) is 61.0 Å². The normalized spacial score (nSPS) is 11.0. The smallest absolute Gasteiger partial charge is 0.305 e. The summed E-state index contributed by atoms with van der Waals surface area (Å²) in [6, 6.07) is 0. The number of hydrogen-bond acceptors (Lipinski definition) is 4. The molecular formula is C14H22Cl4O4. The number of ether oxygens (including phenoxy) is 2. The van der Waals surface area contributed by atoms with Gasteiger partial charge in [-0.3, -0.25) is 9.59 Å². The number of alkyl halides is 4. The van der Waals surface area contributed by atoms with Crippen LogP contribution in [-0.4, -0.2) is 34.8 Å². The Morgan fingerprint density at radius 2 is 0.955 bits per heavy atom. The van der Waals surface area contributed by atoms with Crippen molar-refractivity contribution in [3.8, 4) is 0 Å². The van der Waals surface area contributed by atoms with Crippen molar-refractivity contribution >= 4 is 58.3 Å². The van der Waals surface area contributed by atoms with Gasteiger partial charge in [0.2, 0.25) is 0 Å². The molecule has 0 amide bonds. The highest BCUT2D eigenvalue weighted by atomic mass is 35.5. The second-order valence-corrected chi connectivity index (χ2v) is 7.32. The number of halogens is 4. The first-order valence-corrected chi connectivity index (χ1v) is 9.04. The summed E-state index contributed by atoms with van der Waals surface area (Å²) in [6.45, 7) is 0.0679. The minimum atomic E-state index is -0.671. The van der Waals surface area contributed by atoms with Crippen LogP contribution in [0.25, 0.3) is 0 Å². The number of unbranched alkanes of at least 4 members (excludes halogenated alkanes) is 5. The van der Waals surface area contributed by atoms with Crippen LogP contribution in [0.4, 0.5) is 0 Å². The van der Waals surface area contributed by atoms with Gasteiger partial charge < -0.3 is 9.47 Å². The molecule has 0 atom stereocenters. The van der Waals surface area contributed by atoms with E-state index in [4.69, 9.17) is 55.9 Å². The third-order valence-electron chi connectivity index (χ3n) is 2.75. The van der Waals surface area contributed by atoms with Gasteiger partial charge in [-0.25, -0.2) is 0 Å². The lowest BCUT2D eigenvalue weighted by atomic mass is 10.1. The first kappa shape index (κ1) is 22.1. The largest absolute Gasteiger partial charge is 0.463 e. The summed E-state index contributed by atoms with van der Waals surface area (Å²) in [7, 11) is 0. The summed E-state index contributed by atoms with van der Waals surface area (Å²) in [6.07, 6.45) is 6.25. The molecule has 0 saturated carbocycles. The maximum absolute atomic E-state index is 11.3. The molecule has 0 aliphatic rings. The van der Waals surface area contributed by atoms with Crippen LogP contribution in [0.2, 0.25) is 0 Å². The summed E-state index contributed by atoms with van der Waals surface area (Å²) in [5.41, 5.74) is 0. The number of hydrogen-bond donors (Lipinski definition) is 0. The average Bonchev–Trinajstić information content (AvgIpc) is 2.45. The zero-order valence-electron chi connectivity index (χ0n) is 12.4. The van der Waals surface area contributed by atoms with E-state index in [1.54, 1.807) is 0 Å². The van der Waals surface area contributed by atoms with Crippen molar-refractivity contribution in [2.75, 3.05) is 13.2 Å². The standard InChI is InChI=1S/C14H22Cl4O4/c15-11(16)9-21-13(19)7-5-3-1-2-4-6-8-14(20)22-10-12(17)18/h11-12H,1-10H2. The summed E-state index contributed by atoms with van der Waals surface area (Å²) in [4.78, 5) is 21.2. The van der Waals surface area contributed by atoms with Crippen LogP contribution in [-0.2, 0) is 19.1 Å². The minimum Gasteiger partial charge on any atom is -0.463 e. The van der Waals surface area contributed by atoms with E-state index in [0.29, 0.717) is 12.8 Å². The van der Waals surface area contributed by atoms with Gasteiger partial charge in [-0.1, -0.05) is 25.7 Å². The van der Waals surface area contributed by atoms with Crippen molar-refractivity contribution in [2.24, 2.45) is 0 Å². The molecule has 22 heavy (non-hydrogen) atoms. The third-order valence-corrected chi connectivity index (χ3v) is 3.26. The highest BCUT2D eigenvalue weighted by Crippen LogP contribution is 2.11. The molecule has 0 saturated heterocycles. The molecule has 0 fully saturated rings. The molecule has 0 aliphatic heterocycles. The predicted molar refractivity (Wildman–Crippen MR) is 89.8 cm³/mol. The highest BCUT2D eigenvalue weighted by Gasteiger charge is 2.07. The molecular weight excluding hydrogens is 374 g/mol. The summed E-state index contributed by atoms with van der Waals surface area (Å²) < 4.78 is 9.68. The van der Waals surface area contributed by atoms with E-state index in [0.717, 1.165) is 38.5 Å². The van der Waals surface area contributed by atoms with E-state index < -0.39 is 9.67 Å². The van der Waals surface area contributed by atoms with Gasteiger partial charge in [-0.2, -0.15) is 0 Å². The van der Waals surface area contributed by atoms with Crippen LogP contribution < -0.4 is 0 Å². The molecule has 0 bridgehead atoms. The molecule has 0 radical (unpaired) electrons. The van der Waals surface area contributed by atoms with Gasteiger partial charge in [0.25, 0.3) is 0 Å². The summed E-state index contributed by atoms with van der Waals surface area (Å²) in [5.74, 6) is -0.545. The van der Waals surface area contributed by atoms with Crippen LogP contribution in [0.1, 0.15) is 51.4 Å². The quantitative estimate of drug-likeness (QED) is 0.255. The van der Waals surface area contributed by atoms with E-state index >= 15 is 0 Å². The van der Waals surface area contributed by atoms with Gasteiger partial charge in [0.15, 0.2) is 0 Å². The van der Waals surface area contributed by atoms with Crippen molar-refractivity contribution < 1.29 is 19.1 Å². The van der Waals surface area contributed by atoms with E-state index in [1.807, 2.05) is 0 Å². The van der Waals surface area contributed by atoms with Gasteiger partial charge in [0, 0.05) is 12.8 Å². The Hall–Kier alpha value is 0.1000. The molecule has 0 heterocycles. The SMILES string of the molecule is O=C(CCCCCCCCC(=O)OCC(Cl)Cl)OCC(Cl)Cl. The van der Waals surface area contributed by atoms with Gasteiger partial charge in [-0.05, 0) is 12.8 Å². The zero-order valence-corrected chi connectivity index (χ0v) is 15.4. The molecule has 0 rings (SSSR count). The molecule has 0 unspecified atom stereocenters. The second kappa shape index (κ2) is 14.7. The first-order chi connectivity index (χ1) is 10.4. The van der Waals surface area contributed by atoms with Gasteiger partial charge in [-0.15, -0.1) is 46.4 Å². The summed E-state index contributed by atoms with van der Waals surface area (Å²) >= 11 is 21.8. The van der Waals surface area contributed by atoms with E-state index in [1.165, 1.54) is 0 Å². The van der Waals surface area contributed by atoms with Crippen LogP contribution in [0, 0.1) is 0 Å². The Balaban J connectivity index is 3.30. The molecule has 0 aromatic rings. The molecule has 0 aliphatic carbocycles. The second-order valence-electron chi connectivity index (χ2n) is 4.77. The Kier molecular flexibility index (Phi) is 14.7. The predicted octanol–water partition coefficient (Wildman–Crippen LogP) is 4.80. The van der Waals surface area contributed by atoms with Crippen molar-refractivity contribution in [1.29, 1.82) is 0 Å². The fourth-order valence-corrected chi connectivity index (χ4v) is 1.95. The van der Waals surface area contributed by atoms with Crippen LogP contribution >= 0.6 is 46.4 Å². The maximum Gasteiger partial charge on any atom is 0.305 e. The minimum absolute atomic E-state index is 0.0340. The molecule has 130 valence electrons. The Bertz CT molecular complexity index is 281. The van der Waals surface area contributed by atoms with Gasteiger partial charge in [0.05, 0.1) is 0 Å². The number of rotatable bonds is 13. The van der Waals surface area contributed by atoms with Crippen molar-refractivity contribution in [3.05, 3.63) is 0 Å². The van der Waals surface area contributed by atoms with E-state index in [-0.39, 0.29) is 25.2 Å². The van der Waals surface area contributed by atoms with E-state index in [9.17, 15) is 9.59 Å². The lowest BCUT2D eigenvalue weighted by Gasteiger charge is -2.06. The molecule has 8 heteroatoms. The van der Waals surface area contributed by atoms with Gasteiger partial charge in [0.1, 0.15) is 22.9 Å².